The summed E-state index contributed by atoms with van der Waals surface area (Å²) in [5, 5.41) is 0.640. The van der Waals surface area contributed by atoms with Gasteiger partial charge in [0.05, 0.1) is 16.5 Å². The SMILES string of the molecule is CCCC(N)=Nc1ccccc1Cl. The number of hydrogen-bond acceptors (Lipinski definition) is 1. The molecule has 70 valence electrons. The maximum atomic E-state index is 5.91. The zero-order chi connectivity index (χ0) is 9.68. The summed E-state index contributed by atoms with van der Waals surface area (Å²) in [5.74, 6) is 0.635. The number of nitrogens with zero attached hydrogens (tertiary/aromatic N) is 1. The molecule has 0 saturated carbocycles. The van der Waals surface area contributed by atoms with Crippen molar-refractivity contribution in [1.82, 2.24) is 0 Å². The number of benzene rings is 1. The highest BCUT2D eigenvalue weighted by molar-refractivity contribution is 6.33. The molecule has 1 rings (SSSR count). The minimum Gasteiger partial charge on any atom is -0.387 e. The molecule has 0 bridgehead atoms. The first-order chi connectivity index (χ1) is 6.24. The average Bonchev–Trinajstić information content (AvgIpc) is 2.09. The van der Waals surface area contributed by atoms with E-state index in [0.29, 0.717) is 10.9 Å². The molecule has 0 spiro atoms. The Labute approximate surface area is 83.4 Å². The molecular weight excluding hydrogens is 184 g/mol. The lowest BCUT2D eigenvalue weighted by Gasteiger charge is -1.99. The highest BCUT2D eigenvalue weighted by Crippen LogP contribution is 2.23. The zero-order valence-corrected chi connectivity index (χ0v) is 8.38. The zero-order valence-electron chi connectivity index (χ0n) is 7.63. The van der Waals surface area contributed by atoms with Crippen LogP contribution in [0.2, 0.25) is 5.02 Å². The van der Waals surface area contributed by atoms with Crippen molar-refractivity contribution in [1.29, 1.82) is 0 Å². The minimum atomic E-state index is 0.635. The molecule has 0 aliphatic heterocycles. The Morgan fingerprint density at radius 1 is 1.46 bits per heavy atom. The fourth-order valence-electron chi connectivity index (χ4n) is 1.01. The van der Waals surface area contributed by atoms with Gasteiger partial charge in [0.1, 0.15) is 0 Å². The van der Waals surface area contributed by atoms with Crippen LogP contribution in [0, 0.1) is 0 Å². The summed E-state index contributed by atoms with van der Waals surface area (Å²) in [7, 11) is 0. The van der Waals surface area contributed by atoms with E-state index < -0.39 is 0 Å². The normalized spacial score (nSPS) is 11.7. The van der Waals surface area contributed by atoms with E-state index in [9.17, 15) is 0 Å². The molecule has 3 heteroatoms. The lowest BCUT2D eigenvalue weighted by Crippen LogP contribution is -2.09. The van der Waals surface area contributed by atoms with Crippen molar-refractivity contribution in [2.45, 2.75) is 19.8 Å². The molecule has 2 N–H and O–H groups in total. The number of nitrogens with two attached hydrogens (primary N) is 1. The number of para-hydroxylation sites is 1. The van der Waals surface area contributed by atoms with Crippen molar-refractivity contribution in [3.63, 3.8) is 0 Å². The fraction of sp³-hybridized carbons (Fsp3) is 0.300. The van der Waals surface area contributed by atoms with Gasteiger partial charge in [-0.2, -0.15) is 0 Å². The van der Waals surface area contributed by atoms with Crippen LogP contribution in [0.4, 0.5) is 5.69 Å². The molecule has 0 unspecified atom stereocenters. The molecule has 1 aromatic carbocycles. The molecule has 0 heterocycles. The van der Waals surface area contributed by atoms with Gasteiger partial charge in [0.25, 0.3) is 0 Å². The number of amidine groups is 1. The van der Waals surface area contributed by atoms with Crippen LogP contribution in [0.1, 0.15) is 19.8 Å². The Kier molecular flexibility index (Phi) is 3.77. The molecule has 0 atom stereocenters. The largest absolute Gasteiger partial charge is 0.387 e. The average molecular weight is 197 g/mol. The Morgan fingerprint density at radius 2 is 2.15 bits per heavy atom. The summed E-state index contributed by atoms with van der Waals surface area (Å²) in [5.41, 5.74) is 6.42. The van der Waals surface area contributed by atoms with Gasteiger partial charge in [-0.3, -0.25) is 0 Å². The van der Waals surface area contributed by atoms with Crippen molar-refractivity contribution in [3.8, 4) is 0 Å². The lowest BCUT2D eigenvalue weighted by atomic mass is 10.3. The van der Waals surface area contributed by atoms with E-state index in [1.165, 1.54) is 0 Å². The van der Waals surface area contributed by atoms with Crippen molar-refractivity contribution < 1.29 is 0 Å². The second-order valence-corrected chi connectivity index (χ2v) is 3.21. The highest BCUT2D eigenvalue weighted by Gasteiger charge is 1.96. The van der Waals surface area contributed by atoms with Gasteiger partial charge in [0.15, 0.2) is 0 Å². The molecule has 0 saturated heterocycles. The van der Waals surface area contributed by atoms with Crippen molar-refractivity contribution in [2.24, 2.45) is 10.7 Å². The van der Waals surface area contributed by atoms with Crippen LogP contribution in [0.25, 0.3) is 0 Å². The van der Waals surface area contributed by atoms with Crippen LogP contribution in [0.3, 0.4) is 0 Å². The molecular formula is C10H13ClN2. The van der Waals surface area contributed by atoms with Crippen LogP contribution >= 0.6 is 11.6 Å². The van der Waals surface area contributed by atoms with Crippen LogP contribution in [0.15, 0.2) is 29.3 Å². The Balaban J connectivity index is 2.84. The predicted molar refractivity (Wildman–Crippen MR) is 57.6 cm³/mol. The van der Waals surface area contributed by atoms with Gasteiger partial charge in [-0.05, 0) is 18.6 Å². The van der Waals surface area contributed by atoms with Crippen LogP contribution in [-0.4, -0.2) is 5.84 Å². The number of aliphatic imine (C=N–C) groups is 1. The summed E-state index contributed by atoms with van der Waals surface area (Å²) in [4.78, 5) is 4.21. The van der Waals surface area contributed by atoms with Gasteiger partial charge in [-0.15, -0.1) is 0 Å². The molecule has 0 aliphatic carbocycles. The van der Waals surface area contributed by atoms with Gasteiger partial charge in [0, 0.05) is 6.42 Å². The maximum Gasteiger partial charge on any atom is 0.0996 e. The van der Waals surface area contributed by atoms with Crippen molar-refractivity contribution in [3.05, 3.63) is 29.3 Å². The third kappa shape index (κ3) is 3.07. The molecule has 2 nitrogen and oxygen atoms in total. The first-order valence-corrected chi connectivity index (χ1v) is 4.69. The monoisotopic (exact) mass is 196 g/mol. The quantitative estimate of drug-likeness (QED) is 0.586. The summed E-state index contributed by atoms with van der Waals surface area (Å²) in [6, 6.07) is 7.42. The molecule has 0 radical (unpaired) electrons. The van der Waals surface area contributed by atoms with E-state index in [4.69, 9.17) is 17.3 Å². The molecule has 1 aromatic rings. The second-order valence-electron chi connectivity index (χ2n) is 2.80. The van der Waals surface area contributed by atoms with Gasteiger partial charge >= 0.3 is 0 Å². The van der Waals surface area contributed by atoms with Gasteiger partial charge < -0.3 is 5.73 Å². The highest BCUT2D eigenvalue weighted by atomic mass is 35.5. The summed E-state index contributed by atoms with van der Waals surface area (Å²) < 4.78 is 0. The fourth-order valence-corrected chi connectivity index (χ4v) is 1.19. The van der Waals surface area contributed by atoms with Crippen molar-refractivity contribution in [2.75, 3.05) is 0 Å². The number of hydrogen-bond donors (Lipinski definition) is 1. The van der Waals surface area contributed by atoms with Crippen LogP contribution in [0.5, 0.6) is 0 Å². The third-order valence-corrected chi connectivity index (χ3v) is 1.94. The Morgan fingerprint density at radius 3 is 2.77 bits per heavy atom. The van der Waals surface area contributed by atoms with Gasteiger partial charge in [-0.1, -0.05) is 30.7 Å². The van der Waals surface area contributed by atoms with E-state index in [2.05, 4.69) is 11.9 Å². The van der Waals surface area contributed by atoms with Gasteiger partial charge in [0.2, 0.25) is 0 Å². The van der Waals surface area contributed by atoms with Crippen molar-refractivity contribution >= 4 is 23.1 Å². The van der Waals surface area contributed by atoms with E-state index >= 15 is 0 Å². The molecule has 0 aliphatic rings. The first kappa shape index (κ1) is 10.1. The summed E-state index contributed by atoms with van der Waals surface area (Å²) in [6.45, 7) is 2.06. The lowest BCUT2D eigenvalue weighted by molar-refractivity contribution is 0.983. The topological polar surface area (TPSA) is 38.4 Å². The second kappa shape index (κ2) is 4.87. The minimum absolute atomic E-state index is 0.635. The third-order valence-electron chi connectivity index (χ3n) is 1.62. The molecule has 0 amide bonds. The van der Waals surface area contributed by atoms with Crippen LogP contribution in [-0.2, 0) is 0 Å². The van der Waals surface area contributed by atoms with Crippen LogP contribution < -0.4 is 5.73 Å². The van der Waals surface area contributed by atoms with E-state index in [0.717, 1.165) is 18.5 Å². The molecule has 13 heavy (non-hydrogen) atoms. The molecule has 0 aromatic heterocycles. The standard InChI is InChI=1S/C10H13ClN2/c1-2-5-10(12)13-9-7-4-3-6-8(9)11/h3-4,6-7H,2,5H2,1H3,(H2,12,13). The Bertz CT molecular complexity index is 308. The molecule has 0 fully saturated rings. The van der Waals surface area contributed by atoms with E-state index in [1.54, 1.807) is 6.07 Å². The smallest absolute Gasteiger partial charge is 0.0996 e. The summed E-state index contributed by atoms with van der Waals surface area (Å²) >= 11 is 5.91. The number of halogens is 1. The predicted octanol–water partition coefficient (Wildman–Crippen LogP) is 3.13. The van der Waals surface area contributed by atoms with E-state index in [1.807, 2.05) is 18.2 Å². The number of rotatable bonds is 3. The maximum absolute atomic E-state index is 5.91. The van der Waals surface area contributed by atoms with E-state index in [-0.39, 0.29) is 0 Å². The Hall–Kier alpha value is -1.02. The van der Waals surface area contributed by atoms with Gasteiger partial charge in [-0.25, -0.2) is 4.99 Å². The summed E-state index contributed by atoms with van der Waals surface area (Å²) in [6.07, 6.45) is 1.81. The first-order valence-electron chi connectivity index (χ1n) is 4.31.